The first-order valence-electron chi connectivity index (χ1n) is 12.9. The lowest BCUT2D eigenvalue weighted by Crippen LogP contribution is -2.27. The zero-order valence-corrected chi connectivity index (χ0v) is 23.7. The van der Waals surface area contributed by atoms with Crippen LogP contribution < -0.4 is 20.9 Å². The third-order valence-corrected chi connectivity index (χ3v) is 5.87. The molecule has 3 heterocycles. The van der Waals surface area contributed by atoms with Crippen LogP contribution in [-0.4, -0.2) is 39.2 Å². The zero-order valence-electron chi connectivity index (χ0n) is 23.7. The minimum absolute atomic E-state index is 0.0455. The smallest absolute Gasteiger partial charge is 0.412 e. The molecule has 4 rings (SSSR count). The minimum Gasteiger partial charge on any atom is -0.491 e. The van der Waals surface area contributed by atoms with Gasteiger partial charge in [0.15, 0.2) is 23.3 Å². The number of amides is 2. The molecule has 0 fully saturated rings. The second-order valence-corrected chi connectivity index (χ2v) is 10.3. The summed E-state index contributed by atoms with van der Waals surface area (Å²) in [5.74, 6) is -3.52. The summed E-state index contributed by atoms with van der Waals surface area (Å²) in [6.45, 7) is 4.52. The lowest BCUT2D eigenvalue weighted by Gasteiger charge is -2.20. The molecule has 14 heteroatoms. The van der Waals surface area contributed by atoms with Crippen molar-refractivity contribution in [2.45, 2.75) is 45.9 Å². The van der Waals surface area contributed by atoms with Crippen LogP contribution in [0.5, 0.6) is 5.75 Å². The average Bonchev–Trinajstić information content (AvgIpc) is 3.40. The molecule has 0 saturated heterocycles. The second-order valence-electron chi connectivity index (χ2n) is 10.3. The monoisotopic (exact) mass is 599 g/mol. The van der Waals surface area contributed by atoms with Crippen LogP contribution in [-0.2, 0) is 24.2 Å². The Balaban J connectivity index is 1.37. The van der Waals surface area contributed by atoms with Crippen LogP contribution in [0.15, 0.2) is 58.1 Å². The van der Waals surface area contributed by atoms with Gasteiger partial charge >= 0.3 is 6.09 Å². The standard InChI is InChI=1S/C29H28F3N5O6/c1-29(2,3)43-28(40)36-21-13-33-20(24(32)25(21)41-4)12-35-26(38)22-14-34-23(42-22)11-16-7-8-17(19(31)10-16)15-37-9-5-6-18(30)27(37)39/h5-10,13-14H,11-12,15H2,1-4H3,(H,35,38)(H,36,40). The Morgan fingerprint density at radius 2 is 1.84 bits per heavy atom. The highest BCUT2D eigenvalue weighted by Crippen LogP contribution is 2.29. The molecular weight excluding hydrogens is 571 g/mol. The highest BCUT2D eigenvalue weighted by Gasteiger charge is 2.22. The van der Waals surface area contributed by atoms with Crippen molar-refractivity contribution >= 4 is 17.7 Å². The minimum atomic E-state index is -0.935. The van der Waals surface area contributed by atoms with E-state index in [1.165, 1.54) is 43.9 Å². The molecule has 43 heavy (non-hydrogen) atoms. The Labute approximate surface area is 243 Å². The summed E-state index contributed by atoms with van der Waals surface area (Å²) in [6.07, 6.45) is 2.92. The van der Waals surface area contributed by atoms with Gasteiger partial charge in [-0.15, -0.1) is 0 Å². The zero-order chi connectivity index (χ0) is 31.3. The summed E-state index contributed by atoms with van der Waals surface area (Å²) in [6, 6.07) is 6.66. The van der Waals surface area contributed by atoms with E-state index in [4.69, 9.17) is 13.9 Å². The lowest BCUT2D eigenvalue weighted by atomic mass is 10.1. The Morgan fingerprint density at radius 3 is 2.53 bits per heavy atom. The number of pyridine rings is 2. The molecule has 0 spiro atoms. The Morgan fingerprint density at radius 1 is 1.07 bits per heavy atom. The topological polar surface area (TPSA) is 138 Å². The van der Waals surface area contributed by atoms with Gasteiger partial charge in [-0.05, 0) is 44.5 Å². The number of aromatic nitrogens is 3. The van der Waals surface area contributed by atoms with E-state index < -0.39 is 40.6 Å². The van der Waals surface area contributed by atoms with Crippen molar-refractivity contribution in [1.29, 1.82) is 0 Å². The van der Waals surface area contributed by atoms with Crippen molar-refractivity contribution in [2.24, 2.45) is 0 Å². The van der Waals surface area contributed by atoms with Crippen LogP contribution in [0.2, 0.25) is 0 Å². The van der Waals surface area contributed by atoms with Crippen LogP contribution in [0, 0.1) is 17.5 Å². The largest absolute Gasteiger partial charge is 0.491 e. The summed E-state index contributed by atoms with van der Waals surface area (Å²) < 4.78 is 60.0. The van der Waals surface area contributed by atoms with Crippen LogP contribution in [0.25, 0.3) is 0 Å². The van der Waals surface area contributed by atoms with Gasteiger partial charge in [-0.25, -0.2) is 22.9 Å². The molecule has 0 saturated carbocycles. The van der Waals surface area contributed by atoms with Gasteiger partial charge in [0.2, 0.25) is 5.76 Å². The highest BCUT2D eigenvalue weighted by atomic mass is 19.1. The van der Waals surface area contributed by atoms with E-state index >= 15 is 4.39 Å². The summed E-state index contributed by atoms with van der Waals surface area (Å²) in [4.78, 5) is 44.5. The number of nitrogens with one attached hydrogen (secondary N) is 2. The van der Waals surface area contributed by atoms with Crippen LogP contribution in [0.1, 0.15) is 54.0 Å². The number of anilines is 1. The molecule has 226 valence electrons. The molecule has 2 N–H and O–H groups in total. The summed E-state index contributed by atoms with van der Waals surface area (Å²) in [7, 11) is 1.21. The molecule has 3 aromatic heterocycles. The quantitative estimate of drug-likeness (QED) is 0.285. The first kappa shape index (κ1) is 30.8. The molecule has 11 nitrogen and oxygen atoms in total. The number of benzene rings is 1. The van der Waals surface area contributed by atoms with Crippen molar-refractivity contribution in [2.75, 3.05) is 12.4 Å². The van der Waals surface area contributed by atoms with Gasteiger partial charge in [0.25, 0.3) is 11.5 Å². The molecule has 0 radical (unpaired) electrons. The number of hydrogen-bond acceptors (Lipinski definition) is 8. The van der Waals surface area contributed by atoms with E-state index in [2.05, 4.69) is 20.6 Å². The van der Waals surface area contributed by atoms with Crippen molar-refractivity contribution in [3.8, 4) is 5.75 Å². The molecule has 1 aromatic carbocycles. The van der Waals surface area contributed by atoms with Gasteiger partial charge in [0.05, 0.1) is 38.3 Å². The number of rotatable bonds is 9. The van der Waals surface area contributed by atoms with E-state index in [9.17, 15) is 23.2 Å². The fourth-order valence-corrected chi connectivity index (χ4v) is 3.90. The predicted molar refractivity (Wildman–Crippen MR) is 147 cm³/mol. The normalized spacial score (nSPS) is 11.2. The third kappa shape index (κ3) is 7.78. The average molecular weight is 600 g/mol. The van der Waals surface area contributed by atoms with Gasteiger partial charge in [0.1, 0.15) is 17.1 Å². The van der Waals surface area contributed by atoms with Crippen LogP contribution in [0.3, 0.4) is 0 Å². The first-order chi connectivity index (χ1) is 20.3. The molecule has 0 aliphatic heterocycles. The number of carbonyl (C=O) groups excluding carboxylic acids is 2. The maximum atomic E-state index is 15.0. The number of halogens is 3. The van der Waals surface area contributed by atoms with Crippen molar-refractivity contribution in [1.82, 2.24) is 19.9 Å². The number of hydrogen-bond donors (Lipinski definition) is 2. The number of oxazole rings is 1. The molecule has 0 unspecified atom stereocenters. The number of carbonyl (C=O) groups is 2. The lowest BCUT2D eigenvalue weighted by molar-refractivity contribution is 0.0635. The molecule has 0 atom stereocenters. The van der Waals surface area contributed by atoms with E-state index in [0.29, 0.717) is 5.56 Å². The first-order valence-corrected chi connectivity index (χ1v) is 12.9. The van der Waals surface area contributed by atoms with E-state index in [1.807, 2.05) is 0 Å². The third-order valence-electron chi connectivity index (χ3n) is 5.87. The van der Waals surface area contributed by atoms with Gasteiger partial charge in [0, 0.05) is 18.2 Å². The van der Waals surface area contributed by atoms with Gasteiger partial charge in [-0.1, -0.05) is 12.1 Å². The Hall–Kier alpha value is -5.14. The van der Waals surface area contributed by atoms with Crippen molar-refractivity contribution < 1.29 is 36.7 Å². The highest BCUT2D eigenvalue weighted by molar-refractivity contribution is 5.91. The molecule has 0 bridgehead atoms. The van der Waals surface area contributed by atoms with Crippen molar-refractivity contribution in [3.05, 3.63) is 105 Å². The summed E-state index contributed by atoms with van der Waals surface area (Å²) >= 11 is 0. The van der Waals surface area contributed by atoms with Crippen molar-refractivity contribution in [3.63, 3.8) is 0 Å². The molecule has 4 aromatic rings. The Kier molecular flexibility index (Phi) is 9.17. The van der Waals surface area contributed by atoms with E-state index in [-0.39, 0.29) is 53.9 Å². The fourth-order valence-electron chi connectivity index (χ4n) is 3.90. The van der Waals surface area contributed by atoms with Gasteiger partial charge in [-0.2, -0.15) is 0 Å². The fraction of sp³-hybridized carbons (Fsp3) is 0.276. The number of nitrogens with zero attached hydrogens (tertiary/aromatic N) is 3. The molecule has 0 aliphatic carbocycles. The van der Waals surface area contributed by atoms with E-state index in [1.54, 1.807) is 26.8 Å². The molecule has 2 amide bonds. The predicted octanol–water partition coefficient (Wildman–Crippen LogP) is 4.57. The maximum absolute atomic E-state index is 15.0. The summed E-state index contributed by atoms with van der Waals surface area (Å²) in [5, 5.41) is 4.84. The maximum Gasteiger partial charge on any atom is 0.412 e. The van der Waals surface area contributed by atoms with Gasteiger partial charge in [-0.3, -0.25) is 19.9 Å². The SMILES string of the molecule is COc1c(NC(=O)OC(C)(C)C)cnc(CNC(=O)c2cnc(Cc3ccc(Cn4cccc(F)c4=O)c(F)c3)o2)c1F. The van der Waals surface area contributed by atoms with E-state index in [0.717, 1.165) is 10.6 Å². The summed E-state index contributed by atoms with van der Waals surface area (Å²) in [5.41, 5.74) is -1.22. The van der Waals surface area contributed by atoms with Crippen LogP contribution in [0.4, 0.5) is 23.7 Å². The van der Waals surface area contributed by atoms with Gasteiger partial charge < -0.3 is 23.8 Å². The Bertz CT molecular complexity index is 1710. The number of ether oxygens (including phenoxy) is 2. The van der Waals surface area contributed by atoms with Crippen LogP contribution >= 0.6 is 0 Å². The molecular formula is C29H28F3N5O6. The number of methoxy groups -OCH3 is 1. The second kappa shape index (κ2) is 12.8. The molecule has 0 aliphatic rings.